The second-order valence-corrected chi connectivity index (χ2v) is 6.87. The highest BCUT2D eigenvalue weighted by Gasteiger charge is 2.37. The molecule has 4 amide bonds. The minimum absolute atomic E-state index is 0.207. The first kappa shape index (κ1) is 24.8. The summed E-state index contributed by atoms with van der Waals surface area (Å²) in [6.45, 7) is 0.278. The highest BCUT2D eigenvalue weighted by Crippen LogP contribution is 2.19. The van der Waals surface area contributed by atoms with Crippen molar-refractivity contribution in [2.24, 2.45) is 17.2 Å². The van der Waals surface area contributed by atoms with Crippen LogP contribution in [0.1, 0.15) is 32.1 Å². The SMILES string of the molecule is N=C(N)NCCC[C@H](NC(=O)[C@@H]1CCCN1C(=O)[C@@H](N)CC(N)=O)C(=O)NC[C]=O. The Kier molecular flexibility index (Phi) is 10.2. The summed E-state index contributed by atoms with van der Waals surface area (Å²) < 4.78 is 0. The van der Waals surface area contributed by atoms with Crippen molar-refractivity contribution in [1.82, 2.24) is 20.9 Å². The highest BCUT2D eigenvalue weighted by molar-refractivity contribution is 5.94. The molecule has 167 valence electrons. The predicted molar refractivity (Wildman–Crippen MR) is 106 cm³/mol. The summed E-state index contributed by atoms with van der Waals surface area (Å²) in [7, 11) is 0. The van der Waals surface area contributed by atoms with Crippen LogP contribution < -0.4 is 33.2 Å². The van der Waals surface area contributed by atoms with Crippen LogP contribution >= 0.6 is 0 Å². The third kappa shape index (κ3) is 8.03. The molecule has 0 unspecified atom stereocenters. The van der Waals surface area contributed by atoms with Crippen LogP contribution in [0.5, 0.6) is 0 Å². The van der Waals surface area contributed by atoms with Crippen LogP contribution in [0.3, 0.4) is 0 Å². The Hall–Kier alpha value is -3.22. The van der Waals surface area contributed by atoms with E-state index in [1.807, 2.05) is 0 Å². The first-order valence-corrected chi connectivity index (χ1v) is 9.52. The van der Waals surface area contributed by atoms with Gasteiger partial charge in [0.25, 0.3) is 0 Å². The van der Waals surface area contributed by atoms with Gasteiger partial charge in [0.05, 0.1) is 19.0 Å². The number of hydrogen-bond acceptors (Lipinski definition) is 7. The van der Waals surface area contributed by atoms with Crippen molar-refractivity contribution in [2.75, 3.05) is 19.6 Å². The number of rotatable bonds is 12. The summed E-state index contributed by atoms with van der Waals surface area (Å²) in [5.74, 6) is -2.62. The van der Waals surface area contributed by atoms with Gasteiger partial charge in [-0.25, -0.2) is 0 Å². The fraction of sp³-hybridized carbons (Fsp3) is 0.647. The molecule has 0 spiro atoms. The standard InChI is InChI=1S/C17H29N8O5/c18-10(9-13(19)27)16(30)25-7-2-4-12(25)15(29)24-11(14(28)22-6-8-26)3-1-5-23-17(20)21/h10-12H,1-7,9,18H2,(H2,19,27)(H,22,28)(H,24,29)(H4,20,21,23)/t10-,11-,12-/m0/s1. The van der Waals surface area contributed by atoms with Gasteiger partial charge in [-0.15, -0.1) is 0 Å². The van der Waals surface area contributed by atoms with Crippen LogP contribution in [0, 0.1) is 5.41 Å². The van der Waals surface area contributed by atoms with E-state index in [-0.39, 0.29) is 25.3 Å². The largest absolute Gasteiger partial charge is 0.370 e. The van der Waals surface area contributed by atoms with Gasteiger partial charge >= 0.3 is 0 Å². The Morgan fingerprint density at radius 3 is 2.50 bits per heavy atom. The van der Waals surface area contributed by atoms with Crippen molar-refractivity contribution >= 4 is 35.9 Å². The van der Waals surface area contributed by atoms with Crippen molar-refractivity contribution in [1.29, 1.82) is 5.41 Å². The number of amides is 4. The fourth-order valence-corrected chi connectivity index (χ4v) is 3.13. The molecule has 0 saturated carbocycles. The first-order chi connectivity index (χ1) is 14.2. The highest BCUT2D eigenvalue weighted by atomic mass is 16.2. The molecule has 0 aromatic carbocycles. The number of hydrogen-bond donors (Lipinski definition) is 7. The lowest BCUT2D eigenvalue weighted by Gasteiger charge is -2.28. The van der Waals surface area contributed by atoms with E-state index < -0.39 is 41.8 Å². The zero-order valence-corrected chi connectivity index (χ0v) is 16.6. The number of likely N-dealkylation sites (tertiary alicyclic amines) is 1. The molecule has 0 aromatic rings. The van der Waals surface area contributed by atoms with Crippen molar-refractivity contribution in [2.45, 2.75) is 50.2 Å². The monoisotopic (exact) mass is 425 g/mol. The average Bonchev–Trinajstić information content (AvgIpc) is 3.16. The molecule has 13 heteroatoms. The summed E-state index contributed by atoms with van der Waals surface area (Å²) in [6.07, 6.45) is 2.75. The smallest absolute Gasteiger partial charge is 0.243 e. The van der Waals surface area contributed by atoms with E-state index in [1.165, 1.54) is 11.2 Å². The van der Waals surface area contributed by atoms with E-state index in [1.54, 1.807) is 0 Å². The van der Waals surface area contributed by atoms with Crippen molar-refractivity contribution in [3.8, 4) is 0 Å². The summed E-state index contributed by atoms with van der Waals surface area (Å²) in [5, 5.41) is 14.6. The van der Waals surface area contributed by atoms with E-state index in [4.69, 9.17) is 22.6 Å². The van der Waals surface area contributed by atoms with Gasteiger partial charge in [0.15, 0.2) is 5.96 Å². The minimum Gasteiger partial charge on any atom is -0.370 e. The maximum absolute atomic E-state index is 12.8. The number of guanidine groups is 1. The molecule has 1 radical (unpaired) electrons. The van der Waals surface area contributed by atoms with Gasteiger partial charge in [0.1, 0.15) is 12.1 Å². The summed E-state index contributed by atoms with van der Waals surface area (Å²) in [6, 6.07) is -2.94. The molecule has 0 aromatic heterocycles. The maximum Gasteiger partial charge on any atom is 0.243 e. The third-order valence-electron chi connectivity index (χ3n) is 4.53. The molecule has 0 aliphatic carbocycles. The molecule has 3 atom stereocenters. The van der Waals surface area contributed by atoms with E-state index >= 15 is 0 Å². The molecule has 1 saturated heterocycles. The molecular formula is C17H29N8O5. The molecule has 13 nitrogen and oxygen atoms in total. The summed E-state index contributed by atoms with van der Waals surface area (Å²) >= 11 is 0. The number of nitrogens with zero attached hydrogens (tertiary/aromatic N) is 1. The third-order valence-corrected chi connectivity index (χ3v) is 4.53. The number of nitrogens with two attached hydrogens (primary N) is 3. The molecule has 1 rings (SSSR count). The first-order valence-electron chi connectivity index (χ1n) is 9.52. The fourth-order valence-electron chi connectivity index (χ4n) is 3.13. The van der Waals surface area contributed by atoms with Crippen LogP contribution in [0.25, 0.3) is 0 Å². The van der Waals surface area contributed by atoms with Gasteiger partial charge in [-0.05, 0) is 25.7 Å². The minimum atomic E-state index is -1.14. The summed E-state index contributed by atoms with van der Waals surface area (Å²) in [5.41, 5.74) is 16.0. The molecule has 30 heavy (non-hydrogen) atoms. The predicted octanol–water partition coefficient (Wildman–Crippen LogP) is -3.85. The van der Waals surface area contributed by atoms with Gasteiger partial charge in [0.2, 0.25) is 29.9 Å². The number of carbonyl (C=O) groups excluding carboxylic acids is 5. The van der Waals surface area contributed by atoms with Crippen LogP contribution in [-0.4, -0.2) is 78.5 Å². The maximum atomic E-state index is 12.8. The lowest BCUT2D eigenvalue weighted by atomic mass is 10.1. The lowest BCUT2D eigenvalue weighted by Crippen LogP contribution is -2.55. The molecule has 1 aliphatic rings. The normalized spacial score (nSPS) is 17.5. The number of nitrogens with one attached hydrogen (secondary N) is 4. The van der Waals surface area contributed by atoms with Crippen LogP contribution in [0.15, 0.2) is 0 Å². The quantitative estimate of drug-likeness (QED) is 0.0928. The van der Waals surface area contributed by atoms with Gasteiger partial charge in [-0.2, -0.15) is 0 Å². The van der Waals surface area contributed by atoms with E-state index in [9.17, 15) is 24.0 Å². The summed E-state index contributed by atoms with van der Waals surface area (Å²) in [4.78, 5) is 60.2. The average molecular weight is 425 g/mol. The van der Waals surface area contributed by atoms with Crippen LogP contribution in [0.4, 0.5) is 0 Å². The van der Waals surface area contributed by atoms with Crippen molar-refractivity contribution in [3.05, 3.63) is 0 Å². The van der Waals surface area contributed by atoms with E-state index in [2.05, 4.69) is 16.0 Å². The van der Waals surface area contributed by atoms with Crippen LogP contribution in [0.2, 0.25) is 0 Å². The Bertz CT molecular complexity index is 671. The van der Waals surface area contributed by atoms with E-state index in [0.29, 0.717) is 32.4 Å². The molecule has 10 N–H and O–H groups in total. The molecular weight excluding hydrogens is 396 g/mol. The molecule has 1 fully saturated rings. The second-order valence-electron chi connectivity index (χ2n) is 6.87. The topological polar surface area (TPSA) is 227 Å². The van der Waals surface area contributed by atoms with E-state index in [0.717, 1.165) is 0 Å². The Morgan fingerprint density at radius 1 is 1.20 bits per heavy atom. The second kappa shape index (κ2) is 12.4. The number of primary amides is 1. The van der Waals surface area contributed by atoms with Gasteiger partial charge in [-0.3, -0.25) is 29.4 Å². The Morgan fingerprint density at radius 2 is 1.90 bits per heavy atom. The Balaban J connectivity index is 2.77. The molecule has 1 aliphatic heterocycles. The zero-order chi connectivity index (χ0) is 22.7. The van der Waals surface area contributed by atoms with Gasteiger partial charge in [0, 0.05) is 13.1 Å². The van der Waals surface area contributed by atoms with Crippen LogP contribution in [-0.2, 0) is 24.0 Å². The zero-order valence-electron chi connectivity index (χ0n) is 16.6. The lowest BCUT2D eigenvalue weighted by molar-refractivity contribution is -0.141. The van der Waals surface area contributed by atoms with Gasteiger partial charge in [-0.1, -0.05) is 0 Å². The van der Waals surface area contributed by atoms with Crippen molar-refractivity contribution in [3.63, 3.8) is 0 Å². The molecule has 1 heterocycles. The Labute approximate surface area is 173 Å². The van der Waals surface area contributed by atoms with Crippen molar-refractivity contribution < 1.29 is 24.0 Å². The van der Waals surface area contributed by atoms with Gasteiger partial charge < -0.3 is 38.1 Å². The molecule has 0 bridgehead atoms. The number of carbonyl (C=O) groups is 4.